The smallest absolute Gasteiger partial charge is 0.309 e. The van der Waals surface area contributed by atoms with Crippen molar-refractivity contribution in [2.24, 2.45) is 17.8 Å². The Morgan fingerprint density at radius 2 is 2.19 bits per heavy atom. The molecule has 1 aromatic rings. The number of hydrogen-bond acceptors (Lipinski definition) is 4. The second kappa shape index (κ2) is 6.84. The number of nitrogens with zero attached hydrogens (tertiary/aromatic N) is 1. The van der Waals surface area contributed by atoms with Crippen molar-refractivity contribution in [1.29, 1.82) is 0 Å². The molecule has 0 aromatic heterocycles. The highest BCUT2D eigenvalue weighted by Gasteiger charge is 2.65. The standard InChI is InChI=1S/C22H29NO4/c1-4-5-10-27-16-7-6-15-8-9-23-19(24)12-18-20(21(25)26-3)14(2)13-22(18,23)17(15)11-16/h6-7,11,14,18,20H,4-5,8-10,12-13H2,1-3H3/t14-,18-,20+,22-/m0/s1. The summed E-state index contributed by atoms with van der Waals surface area (Å²) in [5.74, 6) is 0.807. The van der Waals surface area contributed by atoms with Crippen LogP contribution in [0.1, 0.15) is 50.7 Å². The predicted molar refractivity (Wildman–Crippen MR) is 101 cm³/mol. The van der Waals surface area contributed by atoms with Crippen molar-refractivity contribution in [1.82, 2.24) is 4.90 Å². The number of ether oxygens (including phenoxy) is 2. The summed E-state index contributed by atoms with van der Waals surface area (Å²) >= 11 is 0. The molecule has 1 amide bonds. The minimum atomic E-state index is -0.382. The van der Waals surface area contributed by atoms with Crippen molar-refractivity contribution >= 4 is 11.9 Å². The number of methoxy groups -OCH3 is 1. The predicted octanol–water partition coefficient (Wildman–Crippen LogP) is 3.29. The van der Waals surface area contributed by atoms with Crippen molar-refractivity contribution in [3.05, 3.63) is 29.3 Å². The van der Waals surface area contributed by atoms with Crippen LogP contribution in [0.3, 0.4) is 0 Å². The summed E-state index contributed by atoms with van der Waals surface area (Å²) < 4.78 is 11.1. The van der Waals surface area contributed by atoms with Crippen molar-refractivity contribution in [3.8, 4) is 5.75 Å². The Kier molecular flexibility index (Phi) is 4.65. The van der Waals surface area contributed by atoms with Gasteiger partial charge in [-0.05, 0) is 48.4 Å². The molecule has 3 aliphatic rings. The molecule has 4 atom stereocenters. The molecule has 0 N–H and O–H groups in total. The largest absolute Gasteiger partial charge is 0.494 e. The van der Waals surface area contributed by atoms with Gasteiger partial charge in [-0.15, -0.1) is 0 Å². The summed E-state index contributed by atoms with van der Waals surface area (Å²) in [7, 11) is 1.45. The van der Waals surface area contributed by atoms with Gasteiger partial charge in [-0.3, -0.25) is 9.59 Å². The lowest BCUT2D eigenvalue weighted by molar-refractivity contribution is -0.148. The fraction of sp³-hybridized carbons (Fsp3) is 0.636. The summed E-state index contributed by atoms with van der Waals surface area (Å²) in [5, 5.41) is 0. The number of unbranched alkanes of at least 4 members (excludes halogenated alkanes) is 1. The normalized spacial score (nSPS) is 31.3. The lowest BCUT2D eigenvalue weighted by atomic mass is 9.74. The first-order chi connectivity index (χ1) is 13.0. The number of rotatable bonds is 5. The van der Waals surface area contributed by atoms with E-state index in [0.29, 0.717) is 13.0 Å². The quantitative estimate of drug-likeness (QED) is 0.589. The fourth-order valence-corrected chi connectivity index (χ4v) is 5.73. The minimum Gasteiger partial charge on any atom is -0.494 e. The van der Waals surface area contributed by atoms with E-state index >= 15 is 0 Å². The van der Waals surface area contributed by atoms with Crippen LogP contribution in [0.15, 0.2) is 18.2 Å². The summed E-state index contributed by atoms with van der Waals surface area (Å²) in [5.41, 5.74) is 2.09. The van der Waals surface area contributed by atoms with Crippen molar-refractivity contribution in [2.45, 2.75) is 51.5 Å². The molecule has 2 fully saturated rings. The number of benzene rings is 1. The van der Waals surface area contributed by atoms with E-state index in [1.165, 1.54) is 18.2 Å². The number of carbonyl (C=O) groups is 2. The van der Waals surface area contributed by atoms with Crippen LogP contribution in [0.4, 0.5) is 0 Å². The number of fused-ring (bicyclic) bond motifs is 1. The summed E-state index contributed by atoms with van der Waals surface area (Å²) in [4.78, 5) is 27.4. The Hall–Kier alpha value is -2.04. The van der Waals surface area contributed by atoms with Crippen LogP contribution in [0.2, 0.25) is 0 Å². The second-order valence-corrected chi connectivity index (χ2v) is 8.28. The SMILES string of the molecule is CCCCOc1ccc2c(c1)[C@@]13C[C@H](C)[C@@H](C(=O)OC)[C@@H]1CC(=O)N3CC2. The van der Waals surface area contributed by atoms with Gasteiger partial charge >= 0.3 is 5.97 Å². The zero-order valence-electron chi connectivity index (χ0n) is 16.5. The molecule has 4 rings (SSSR count). The van der Waals surface area contributed by atoms with E-state index < -0.39 is 0 Å². The van der Waals surface area contributed by atoms with Gasteiger partial charge in [0.15, 0.2) is 0 Å². The maximum Gasteiger partial charge on any atom is 0.309 e. The van der Waals surface area contributed by atoms with Gasteiger partial charge in [0.1, 0.15) is 5.75 Å². The van der Waals surface area contributed by atoms with Crippen LogP contribution in [0.25, 0.3) is 0 Å². The van der Waals surface area contributed by atoms with E-state index in [-0.39, 0.29) is 35.2 Å². The van der Waals surface area contributed by atoms with Crippen molar-refractivity contribution in [3.63, 3.8) is 0 Å². The Labute approximate surface area is 161 Å². The third-order valence-electron chi connectivity index (χ3n) is 6.86. The zero-order valence-corrected chi connectivity index (χ0v) is 16.5. The summed E-state index contributed by atoms with van der Waals surface area (Å²) in [6, 6.07) is 6.33. The van der Waals surface area contributed by atoms with Gasteiger partial charge < -0.3 is 14.4 Å². The summed E-state index contributed by atoms with van der Waals surface area (Å²) in [6.07, 6.45) is 4.23. The third-order valence-corrected chi connectivity index (χ3v) is 6.86. The van der Waals surface area contributed by atoms with Crippen molar-refractivity contribution < 1.29 is 19.1 Å². The minimum absolute atomic E-state index is 0.0163. The van der Waals surface area contributed by atoms with E-state index in [4.69, 9.17) is 9.47 Å². The Bertz CT molecular complexity index is 761. The highest BCUT2D eigenvalue weighted by atomic mass is 16.5. The van der Waals surface area contributed by atoms with Gasteiger partial charge in [0.25, 0.3) is 0 Å². The van der Waals surface area contributed by atoms with Crippen LogP contribution in [0, 0.1) is 17.8 Å². The molecule has 2 heterocycles. The molecule has 2 aliphatic heterocycles. The van der Waals surface area contributed by atoms with Crippen LogP contribution in [-0.2, 0) is 26.3 Å². The lowest BCUT2D eigenvalue weighted by Gasteiger charge is -2.44. The molecule has 5 heteroatoms. The Morgan fingerprint density at radius 1 is 1.37 bits per heavy atom. The molecule has 0 bridgehead atoms. The summed E-state index contributed by atoms with van der Waals surface area (Å²) in [6.45, 7) is 5.70. The second-order valence-electron chi connectivity index (χ2n) is 8.28. The number of esters is 1. The highest BCUT2D eigenvalue weighted by Crippen LogP contribution is 2.61. The third kappa shape index (κ3) is 2.66. The molecule has 0 radical (unpaired) electrons. The van der Waals surface area contributed by atoms with Gasteiger partial charge in [0.05, 0.1) is 25.2 Å². The van der Waals surface area contributed by atoms with Crippen LogP contribution >= 0.6 is 0 Å². The van der Waals surface area contributed by atoms with Gasteiger partial charge in [0, 0.05) is 18.9 Å². The Balaban J connectivity index is 1.77. The first-order valence-electron chi connectivity index (χ1n) is 10.2. The molecule has 1 spiro atoms. The molecular formula is C22H29NO4. The molecule has 1 aliphatic carbocycles. The Morgan fingerprint density at radius 3 is 2.93 bits per heavy atom. The topological polar surface area (TPSA) is 55.8 Å². The van der Waals surface area contributed by atoms with E-state index in [1.807, 2.05) is 6.07 Å². The van der Waals surface area contributed by atoms with E-state index in [9.17, 15) is 9.59 Å². The van der Waals surface area contributed by atoms with Gasteiger partial charge in [-0.25, -0.2) is 0 Å². The molecule has 1 aromatic carbocycles. The van der Waals surface area contributed by atoms with Crippen molar-refractivity contribution in [2.75, 3.05) is 20.3 Å². The first kappa shape index (κ1) is 18.3. The van der Waals surface area contributed by atoms with E-state index in [2.05, 4.69) is 30.9 Å². The molecule has 0 unspecified atom stereocenters. The van der Waals surface area contributed by atoms with Gasteiger partial charge in [0.2, 0.25) is 5.91 Å². The zero-order chi connectivity index (χ0) is 19.2. The average molecular weight is 371 g/mol. The number of carbonyl (C=O) groups excluding carboxylic acids is 2. The number of amides is 1. The monoisotopic (exact) mass is 371 g/mol. The molecule has 5 nitrogen and oxygen atoms in total. The fourth-order valence-electron chi connectivity index (χ4n) is 5.73. The highest BCUT2D eigenvalue weighted by molar-refractivity contribution is 5.85. The molecule has 1 saturated heterocycles. The molecule has 146 valence electrons. The average Bonchev–Trinajstić information content (AvgIpc) is 3.09. The molecule has 27 heavy (non-hydrogen) atoms. The van der Waals surface area contributed by atoms with Gasteiger partial charge in [-0.2, -0.15) is 0 Å². The lowest BCUT2D eigenvalue weighted by Crippen LogP contribution is -2.49. The first-order valence-corrected chi connectivity index (χ1v) is 10.2. The van der Waals surface area contributed by atoms with Crippen LogP contribution in [-0.4, -0.2) is 37.0 Å². The maximum atomic E-state index is 12.8. The van der Waals surface area contributed by atoms with Crippen LogP contribution in [0.5, 0.6) is 5.75 Å². The number of hydrogen-bond donors (Lipinski definition) is 0. The van der Waals surface area contributed by atoms with Gasteiger partial charge in [-0.1, -0.05) is 26.3 Å². The molecule has 1 saturated carbocycles. The molecular weight excluding hydrogens is 342 g/mol. The van der Waals surface area contributed by atoms with E-state index in [1.54, 1.807) is 0 Å². The maximum absolute atomic E-state index is 12.8. The van der Waals surface area contributed by atoms with E-state index in [0.717, 1.165) is 38.0 Å². The van der Waals surface area contributed by atoms with Crippen LogP contribution < -0.4 is 4.74 Å².